The first-order valence-corrected chi connectivity index (χ1v) is 8.19. The topological polar surface area (TPSA) is 47.9 Å². The maximum absolute atomic E-state index is 12.5. The summed E-state index contributed by atoms with van der Waals surface area (Å²) in [5.41, 5.74) is 3.51. The van der Waals surface area contributed by atoms with Crippen molar-refractivity contribution in [2.45, 2.75) is 12.8 Å². The van der Waals surface area contributed by atoms with Gasteiger partial charge in [0, 0.05) is 5.56 Å². The molecule has 0 radical (unpaired) electrons. The Bertz CT molecular complexity index is 986. The molecule has 1 aliphatic carbocycles. The van der Waals surface area contributed by atoms with Crippen LogP contribution < -0.4 is 4.74 Å². The molecule has 3 aromatic carbocycles. The van der Waals surface area contributed by atoms with Gasteiger partial charge in [0.25, 0.3) is 0 Å². The Kier molecular flexibility index (Phi) is 3.94. The molecule has 3 aromatic rings. The van der Waals surface area contributed by atoms with Crippen LogP contribution in [0, 0.1) is 0 Å². The smallest absolute Gasteiger partial charge is 0.366 e. The number of ether oxygens (including phenoxy) is 1. The van der Waals surface area contributed by atoms with Gasteiger partial charge in [0.2, 0.25) is 0 Å². The quantitative estimate of drug-likeness (QED) is 0.529. The lowest BCUT2D eigenvalue weighted by Crippen LogP contribution is -2.05. The molecule has 0 aliphatic heterocycles. The van der Waals surface area contributed by atoms with Crippen LogP contribution in [0.2, 0.25) is 0 Å². The number of methoxy groups -OCH3 is 1. The summed E-state index contributed by atoms with van der Waals surface area (Å²) < 4.78 is 5.25. The lowest BCUT2D eigenvalue weighted by molar-refractivity contribution is 0.0518. The molecular formula is C21H17NO3. The predicted octanol–water partition coefficient (Wildman–Crippen LogP) is 4.36. The summed E-state index contributed by atoms with van der Waals surface area (Å²) in [4.78, 5) is 17.7. The average molecular weight is 331 g/mol. The molecular weight excluding hydrogens is 314 g/mol. The molecule has 0 saturated carbocycles. The molecule has 1 aliphatic rings. The second-order valence-corrected chi connectivity index (χ2v) is 5.97. The Morgan fingerprint density at radius 1 is 1.00 bits per heavy atom. The molecule has 0 fully saturated rings. The molecule has 0 spiro atoms. The number of nitrogens with zero attached hydrogens (tertiary/aromatic N) is 1. The summed E-state index contributed by atoms with van der Waals surface area (Å²) in [5, 5.41) is 6.00. The second-order valence-electron chi connectivity index (χ2n) is 5.97. The van der Waals surface area contributed by atoms with Crippen LogP contribution in [-0.2, 0) is 11.3 Å². The molecule has 0 aromatic heterocycles. The van der Waals surface area contributed by atoms with E-state index in [-0.39, 0.29) is 0 Å². The fourth-order valence-electron chi connectivity index (χ4n) is 3.22. The van der Waals surface area contributed by atoms with Crippen LogP contribution in [0.5, 0.6) is 5.75 Å². The number of hydrogen-bond acceptors (Lipinski definition) is 4. The number of oxime groups is 1. The van der Waals surface area contributed by atoms with Gasteiger partial charge in [-0.2, -0.15) is 0 Å². The first kappa shape index (κ1) is 15.4. The van der Waals surface area contributed by atoms with E-state index in [2.05, 4.69) is 5.16 Å². The summed E-state index contributed by atoms with van der Waals surface area (Å²) in [5.74, 6) is 0.388. The minimum Gasteiger partial charge on any atom is -0.497 e. The van der Waals surface area contributed by atoms with Gasteiger partial charge in [0.05, 0.1) is 18.4 Å². The van der Waals surface area contributed by atoms with Crippen LogP contribution in [0.25, 0.3) is 10.8 Å². The monoisotopic (exact) mass is 331 g/mol. The van der Waals surface area contributed by atoms with Crippen LogP contribution >= 0.6 is 0 Å². The third-order valence-corrected chi connectivity index (χ3v) is 4.50. The van der Waals surface area contributed by atoms with Gasteiger partial charge in [0.1, 0.15) is 5.75 Å². The third-order valence-electron chi connectivity index (χ3n) is 4.50. The average Bonchev–Trinajstić information content (AvgIpc) is 3.07. The van der Waals surface area contributed by atoms with E-state index in [4.69, 9.17) is 9.57 Å². The van der Waals surface area contributed by atoms with Crippen molar-refractivity contribution in [2.24, 2.45) is 5.16 Å². The van der Waals surface area contributed by atoms with Crippen molar-refractivity contribution in [2.75, 3.05) is 7.11 Å². The van der Waals surface area contributed by atoms with Crippen molar-refractivity contribution in [1.82, 2.24) is 0 Å². The Balaban J connectivity index is 1.60. The Morgan fingerprint density at radius 3 is 2.72 bits per heavy atom. The highest BCUT2D eigenvalue weighted by Gasteiger charge is 2.20. The molecule has 4 nitrogen and oxygen atoms in total. The maximum atomic E-state index is 12.5. The van der Waals surface area contributed by atoms with Gasteiger partial charge in [0.15, 0.2) is 0 Å². The molecule has 25 heavy (non-hydrogen) atoms. The number of carbonyl (C=O) groups excluding carboxylic acids is 1. The van der Waals surface area contributed by atoms with Crippen LogP contribution in [-0.4, -0.2) is 18.8 Å². The van der Waals surface area contributed by atoms with Crippen molar-refractivity contribution in [3.8, 4) is 5.75 Å². The Labute approximate surface area is 145 Å². The fourth-order valence-corrected chi connectivity index (χ4v) is 3.22. The number of rotatable bonds is 3. The molecule has 0 atom stereocenters. The second kappa shape index (κ2) is 6.40. The number of aryl methyl sites for hydroxylation is 1. The number of hydrogen-bond donors (Lipinski definition) is 0. The van der Waals surface area contributed by atoms with E-state index in [1.807, 2.05) is 54.6 Å². The summed E-state index contributed by atoms with van der Waals surface area (Å²) in [6.07, 6.45) is 1.63. The minimum atomic E-state index is -0.439. The molecule has 0 N–H and O–H groups in total. The molecule has 4 heteroatoms. The normalized spacial score (nSPS) is 14.5. The van der Waals surface area contributed by atoms with Crippen LogP contribution in [0.15, 0.2) is 65.8 Å². The Morgan fingerprint density at radius 2 is 1.84 bits per heavy atom. The standard InChI is InChI=1S/C21H17NO3/c1-24-16-10-11-18-15(13-16)9-12-20(18)22-25-21(23)19-8-4-6-14-5-2-3-7-17(14)19/h2-8,10-11,13H,9,12H2,1H3. The van der Waals surface area contributed by atoms with E-state index >= 15 is 0 Å². The van der Waals surface area contributed by atoms with Crippen LogP contribution in [0.1, 0.15) is 27.9 Å². The first-order valence-electron chi connectivity index (χ1n) is 8.19. The minimum absolute atomic E-state index is 0.439. The van der Waals surface area contributed by atoms with Crippen molar-refractivity contribution in [1.29, 1.82) is 0 Å². The zero-order chi connectivity index (χ0) is 17.2. The molecule has 0 unspecified atom stereocenters. The van der Waals surface area contributed by atoms with Gasteiger partial charge >= 0.3 is 5.97 Å². The number of benzene rings is 3. The zero-order valence-corrected chi connectivity index (χ0v) is 13.9. The summed E-state index contributed by atoms with van der Waals surface area (Å²) in [7, 11) is 1.65. The SMILES string of the molecule is COc1ccc2c(c1)CCC2=NOC(=O)c1cccc2ccccc12. The molecule has 0 saturated heterocycles. The summed E-state index contributed by atoms with van der Waals surface area (Å²) in [6, 6.07) is 19.2. The fraction of sp³-hybridized carbons (Fsp3) is 0.143. The van der Waals surface area contributed by atoms with E-state index in [9.17, 15) is 4.79 Å². The molecule has 4 rings (SSSR count). The largest absolute Gasteiger partial charge is 0.497 e. The molecule has 124 valence electrons. The lowest BCUT2D eigenvalue weighted by atomic mass is 10.1. The van der Waals surface area contributed by atoms with Crippen molar-refractivity contribution in [3.05, 3.63) is 77.4 Å². The summed E-state index contributed by atoms with van der Waals surface area (Å²) >= 11 is 0. The molecule has 0 amide bonds. The van der Waals surface area contributed by atoms with E-state index in [0.717, 1.165) is 40.6 Å². The summed E-state index contributed by atoms with van der Waals surface area (Å²) in [6.45, 7) is 0. The van der Waals surface area contributed by atoms with E-state index in [0.29, 0.717) is 5.56 Å². The van der Waals surface area contributed by atoms with Gasteiger partial charge in [-0.25, -0.2) is 4.79 Å². The van der Waals surface area contributed by atoms with E-state index < -0.39 is 5.97 Å². The van der Waals surface area contributed by atoms with E-state index in [1.165, 1.54) is 5.56 Å². The molecule has 0 bridgehead atoms. The van der Waals surface area contributed by atoms with Crippen molar-refractivity contribution >= 4 is 22.5 Å². The maximum Gasteiger partial charge on any atom is 0.366 e. The van der Waals surface area contributed by atoms with Gasteiger partial charge in [-0.1, -0.05) is 41.6 Å². The highest BCUT2D eigenvalue weighted by Crippen LogP contribution is 2.27. The highest BCUT2D eigenvalue weighted by atomic mass is 16.7. The van der Waals surface area contributed by atoms with Crippen molar-refractivity contribution in [3.63, 3.8) is 0 Å². The lowest BCUT2D eigenvalue weighted by Gasteiger charge is -2.05. The number of carbonyl (C=O) groups is 1. The van der Waals surface area contributed by atoms with Gasteiger partial charge in [-0.15, -0.1) is 0 Å². The Hall–Kier alpha value is -3.14. The predicted molar refractivity (Wildman–Crippen MR) is 97.2 cm³/mol. The zero-order valence-electron chi connectivity index (χ0n) is 13.9. The van der Waals surface area contributed by atoms with Gasteiger partial charge < -0.3 is 9.57 Å². The van der Waals surface area contributed by atoms with E-state index in [1.54, 1.807) is 13.2 Å². The molecule has 0 heterocycles. The van der Waals surface area contributed by atoms with Crippen LogP contribution in [0.3, 0.4) is 0 Å². The van der Waals surface area contributed by atoms with Crippen LogP contribution in [0.4, 0.5) is 0 Å². The van der Waals surface area contributed by atoms with Gasteiger partial charge in [-0.05, 0) is 53.4 Å². The highest BCUT2D eigenvalue weighted by molar-refractivity contribution is 6.06. The van der Waals surface area contributed by atoms with Gasteiger partial charge in [-0.3, -0.25) is 0 Å². The number of fused-ring (bicyclic) bond motifs is 2. The van der Waals surface area contributed by atoms with Crippen molar-refractivity contribution < 1.29 is 14.4 Å². The third kappa shape index (κ3) is 2.87. The first-order chi connectivity index (χ1) is 12.3.